The van der Waals surface area contributed by atoms with Crippen molar-refractivity contribution in [3.05, 3.63) is 0 Å². The van der Waals surface area contributed by atoms with Crippen molar-refractivity contribution >= 4 is 0 Å². The summed E-state index contributed by atoms with van der Waals surface area (Å²) in [6.45, 7) is 6.04. The predicted molar refractivity (Wildman–Crippen MR) is 108 cm³/mol. The van der Waals surface area contributed by atoms with E-state index in [1.165, 1.54) is 13.8 Å². The Morgan fingerprint density at radius 1 is 0.842 bits per heavy atom. The number of hydrogen-bond donors (Lipinski definition) is 2. The molecule has 0 aliphatic heterocycles. The second-order valence-corrected chi connectivity index (χ2v) is 10.0. The fourth-order valence-corrected chi connectivity index (χ4v) is 5.80. The molecule has 0 aromatic heterocycles. The third-order valence-corrected chi connectivity index (χ3v) is 8.16. The first-order valence-corrected chi connectivity index (χ1v) is 11.6. The summed E-state index contributed by atoms with van der Waals surface area (Å²) in [7, 11) is 0. The number of aliphatic hydroxyl groups is 2. The highest BCUT2D eigenvalue weighted by molar-refractivity contribution is 5.12. The van der Waals surface area contributed by atoms with Crippen molar-refractivity contribution in [1.29, 1.82) is 0 Å². The van der Waals surface area contributed by atoms with Crippen LogP contribution in [0.2, 0.25) is 0 Å². The molecule has 2 N–H and O–H groups in total. The van der Waals surface area contributed by atoms with Crippen LogP contribution in [-0.4, -0.2) is 58.7 Å². The Labute approximate surface area is 210 Å². The molecule has 0 heterocycles. The summed E-state index contributed by atoms with van der Waals surface area (Å²) in [6.07, 6.45) is -21.2. The summed E-state index contributed by atoms with van der Waals surface area (Å²) < 4.78 is 163. The molecule has 3 saturated carbocycles. The topological polar surface area (TPSA) is 40.5 Å². The van der Waals surface area contributed by atoms with E-state index in [9.17, 15) is 62.2 Å². The van der Waals surface area contributed by atoms with E-state index in [1.807, 2.05) is 6.92 Å². The fraction of sp³-hybridized carbons (Fsp3) is 1.00. The minimum atomic E-state index is -5.69. The van der Waals surface area contributed by atoms with Crippen molar-refractivity contribution in [1.82, 2.24) is 0 Å². The van der Waals surface area contributed by atoms with Crippen LogP contribution in [0.5, 0.6) is 0 Å². The maximum absolute atomic E-state index is 13.0. The van der Waals surface area contributed by atoms with Crippen LogP contribution in [0.25, 0.3) is 0 Å². The van der Waals surface area contributed by atoms with Gasteiger partial charge in [-0.1, -0.05) is 27.2 Å². The van der Waals surface area contributed by atoms with Crippen LogP contribution in [0.15, 0.2) is 0 Å². The summed E-state index contributed by atoms with van der Waals surface area (Å²) >= 11 is 0. The monoisotopic (exact) mass is 594 g/mol. The molecule has 0 radical (unpaired) electrons. The lowest BCUT2D eigenvalue weighted by Crippen LogP contribution is -2.63. The first-order valence-electron chi connectivity index (χ1n) is 11.6. The molecule has 2 bridgehead atoms. The first-order chi connectivity index (χ1) is 16.4. The second-order valence-electron chi connectivity index (χ2n) is 10.0. The van der Waals surface area contributed by atoms with Gasteiger partial charge in [0.25, 0.3) is 5.60 Å². The van der Waals surface area contributed by atoms with Crippen molar-refractivity contribution in [2.75, 3.05) is 6.67 Å². The Morgan fingerprint density at radius 3 is 1.50 bits per heavy atom. The SMILES string of the molecule is CC1C2CC(C1C)C(C(O)(C(F)(F)F)C(F)(F)F)C2.CCC1CC(O)(C(F)(F)F)C(F)(F)C1F.CCF.F. The van der Waals surface area contributed by atoms with Gasteiger partial charge in [0.1, 0.15) is 0 Å². The van der Waals surface area contributed by atoms with Gasteiger partial charge < -0.3 is 10.2 Å². The zero-order chi connectivity index (χ0) is 29.6. The van der Waals surface area contributed by atoms with E-state index in [0.717, 1.165) is 0 Å². The van der Waals surface area contributed by atoms with Crippen molar-refractivity contribution in [3.63, 3.8) is 0 Å². The minimum Gasteiger partial charge on any atom is -0.376 e. The van der Waals surface area contributed by atoms with E-state index in [-0.39, 0.29) is 42.0 Å². The predicted octanol–water partition coefficient (Wildman–Crippen LogP) is 7.58. The Hall–Kier alpha value is -1.06. The van der Waals surface area contributed by atoms with Gasteiger partial charge in [0.15, 0.2) is 6.17 Å². The largest absolute Gasteiger partial charge is 0.426 e. The van der Waals surface area contributed by atoms with Crippen molar-refractivity contribution < 1.29 is 72.0 Å². The molecular weight excluding hydrogens is 562 g/mol. The van der Waals surface area contributed by atoms with Gasteiger partial charge in [-0.2, -0.15) is 48.3 Å². The van der Waals surface area contributed by atoms with E-state index in [0.29, 0.717) is 6.42 Å². The quantitative estimate of drug-likeness (QED) is 0.324. The molecule has 16 heteroatoms. The maximum Gasteiger partial charge on any atom is 0.426 e. The summed E-state index contributed by atoms with van der Waals surface area (Å²) in [4.78, 5) is 0. The molecule has 3 aliphatic carbocycles. The lowest BCUT2D eigenvalue weighted by atomic mass is 9.68. The van der Waals surface area contributed by atoms with Crippen LogP contribution in [-0.2, 0) is 0 Å². The Kier molecular flexibility index (Phi) is 11.5. The minimum absolute atomic E-state index is 0. The van der Waals surface area contributed by atoms with Crippen molar-refractivity contribution in [3.8, 4) is 0 Å². The highest BCUT2D eigenvalue weighted by atomic mass is 19.4. The lowest BCUT2D eigenvalue weighted by Gasteiger charge is -2.43. The van der Waals surface area contributed by atoms with Gasteiger partial charge in [0, 0.05) is 5.92 Å². The van der Waals surface area contributed by atoms with E-state index in [4.69, 9.17) is 5.11 Å². The van der Waals surface area contributed by atoms with Crippen LogP contribution >= 0.6 is 0 Å². The lowest BCUT2D eigenvalue weighted by molar-refractivity contribution is -0.390. The van der Waals surface area contributed by atoms with Crippen molar-refractivity contribution in [2.45, 2.75) is 95.2 Å². The fourth-order valence-electron chi connectivity index (χ4n) is 5.80. The highest BCUT2D eigenvalue weighted by Gasteiger charge is 2.78. The van der Waals surface area contributed by atoms with Gasteiger partial charge in [0.2, 0.25) is 5.60 Å². The summed E-state index contributed by atoms with van der Waals surface area (Å²) in [6, 6.07) is 0. The molecule has 230 valence electrons. The summed E-state index contributed by atoms with van der Waals surface area (Å²) in [5.74, 6) is -8.98. The third kappa shape index (κ3) is 5.99. The molecule has 3 fully saturated rings. The molecule has 8 atom stereocenters. The molecule has 3 rings (SSSR count). The van der Waals surface area contributed by atoms with E-state index in [1.54, 1.807) is 6.92 Å². The number of fused-ring (bicyclic) bond motifs is 2. The van der Waals surface area contributed by atoms with E-state index < -0.39 is 66.0 Å². The number of alkyl halides is 13. The molecule has 2 nitrogen and oxygen atoms in total. The molecule has 0 spiro atoms. The van der Waals surface area contributed by atoms with Gasteiger partial charge >= 0.3 is 24.5 Å². The molecule has 3 aliphatic rings. The van der Waals surface area contributed by atoms with E-state index >= 15 is 0 Å². The van der Waals surface area contributed by atoms with Gasteiger partial charge in [0.05, 0.1) is 6.67 Å². The summed E-state index contributed by atoms with van der Waals surface area (Å²) in [5, 5.41) is 18.4. The molecule has 0 amide bonds. The molecule has 38 heavy (non-hydrogen) atoms. The summed E-state index contributed by atoms with van der Waals surface area (Å²) in [5.41, 5.74) is -8.81. The van der Waals surface area contributed by atoms with Crippen LogP contribution in [0.3, 0.4) is 0 Å². The number of halogens is 14. The molecule has 0 saturated heterocycles. The standard InChI is InChI=1S/C12H16F6O.C8H10F6O.C2H5F.FH/c1-5-6(2)8-3-7(5)4-9(8)10(19,11(13,14)15)12(16,17)18;1-2-4-3-6(15,8(12,13)14)7(10,11)5(4)9;1-2-3;/h5-9,19H,3-4H2,1-2H3;4-5,15H,2-3H2,1H3;2H2,1H3;1H. The smallest absolute Gasteiger partial charge is 0.376 e. The normalized spacial score (nSPS) is 36.6. The third-order valence-electron chi connectivity index (χ3n) is 8.16. The van der Waals surface area contributed by atoms with Gasteiger partial charge in [-0.3, -0.25) is 9.09 Å². The van der Waals surface area contributed by atoms with Crippen LogP contribution in [0.1, 0.15) is 53.4 Å². The highest BCUT2D eigenvalue weighted by Crippen LogP contribution is 2.63. The number of rotatable bonds is 2. The molecule has 0 aromatic rings. The van der Waals surface area contributed by atoms with Gasteiger partial charge in [-0.15, -0.1) is 0 Å². The second kappa shape index (κ2) is 11.8. The Morgan fingerprint density at radius 2 is 1.26 bits per heavy atom. The maximum atomic E-state index is 13.0. The zero-order valence-electron chi connectivity index (χ0n) is 20.8. The average Bonchev–Trinajstić information content (AvgIpc) is 3.34. The Bertz CT molecular complexity index is 734. The van der Waals surface area contributed by atoms with Gasteiger partial charge in [-0.25, -0.2) is 4.39 Å². The Balaban J connectivity index is 0.000000652. The zero-order valence-corrected chi connectivity index (χ0v) is 20.8. The van der Waals surface area contributed by atoms with Gasteiger partial charge in [-0.05, 0) is 55.8 Å². The average molecular weight is 594 g/mol. The number of hydrogen-bond acceptors (Lipinski definition) is 2. The van der Waals surface area contributed by atoms with Crippen LogP contribution in [0, 0.1) is 35.5 Å². The van der Waals surface area contributed by atoms with E-state index in [2.05, 4.69) is 0 Å². The van der Waals surface area contributed by atoms with Crippen LogP contribution in [0.4, 0.5) is 61.8 Å². The molecule has 8 unspecified atom stereocenters. The molecule has 0 aromatic carbocycles. The first kappa shape index (κ1) is 36.9. The van der Waals surface area contributed by atoms with Crippen LogP contribution < -0.4 is 0 Å². The molecular formula is C22H32F14O2. The van der Waals surface area contributed by atoms with Crippen molar-refractivity contribution in [2.24, 2.45) is 35.5 Å².